The van der Waals surface area contributed by atoms with Crippen molar-refractivity contribution in [1.29, 1.82) is 0 Å². The van der Waals surface area contributed by atoms with Gasteiger partial charge in [0, 0.05) is 0 Å². The zero-order valence-electron chi connectivity index (χ0n) is 36.0. The van der Waals surface area contributed by atoms with Crippen LogP contribution in [0.1, 0.15) is 0 Å². The number of hydrogen-bond acceptors (Lipinski definition) is 2. The van der Waals surface area contributed by atoms with Gasteiger partial charge < -0.3 is 0 Å². The van der Waals surface area contributed by atoms with E-state index in [1.165, 1.54) is 147 Å². The average Bonchev–Trinajstić information content (AvgIpc) is 4.08. The van der Waals surface area contributed by atoms with Gasteiger partial charge in [0.05, 0.1) is 0 Å². The molecule has 15 aromatic rings. The van der Waals surface area contributed by atoms with Crippen molar-refractivity contribution in [2.75, 3.05) is 0 Å². The van der Waals surface area contributed by atoms with Gasteiger partial charge in [-0.15, -0.1) is 0 Å². The third-order valence-corrected chi connectivity index (χ3v) is 19.1. The number of hydrogen-bond donors (Lipinski definition) is 0. The Kier molecular flexibility index (Phi) is 8.22. The molecule has 0 fully saturated rings. The molecule has 3 aromatic heterocycles. The van der Waals surface area contributed by atoms with E-state index in [0.29, 0.717) is 0 Å². The van der Waals surface area contributed by atoms with E-state index < -0.39 is 0 Å². The summed E-state index contributed by atoms with van der Waals surface area (Å²) in [5.74, 6) is 0. The first-order valence-corrected chi connectivity index (χ1v) is 26.2. The van der Waals surface area contributed by atoms with E-state index in [9.17, 15) is 0 Å². The summed E-state index contributed by atoms with van der Waals surface area (Å²) in [7, 11) is 0. The molecule has 0 saturated heterocycles. The zero-order valence-corrected chi connectivity index (χ0v) is 39.4. The van der Waals surface area contributed by atoms with Crippen molar-refractivity contribution in [2.45, 2.75) is 0 Å². The molecule has 0 aliphatic rings. The van der Waals surface area contributed by atoms with E-state index in [4.69, 9.17) is 0 Å². The Bertz CT molecular complexity index is 4470. The molecule has 0 aliphatic heterocycles. The number of fused-ring (bicyclic) bond motifs is 13. The first-order chi connectivity index (χ1) is 33.2. The molecular formula is C64H36S2Se. The summed E-state index contributed by atoms with van der Waals surface area (Å²) in [5, 5.41) is 18.4. The minimum absolute atomic E-state index is 0.0928. The normalized spacial score (nSPS) is 12.2. The van der Waals surface area contributed by atoms with Crippen LogP contribution in [0.15, 0.2) is 218 Å². The van der Waals surface area contributed by atoms with Gasteiger partial charge >= 0.3 is 366 Å². The van der Waals surface area contributed by atoms with Crippen LogP contribution in [0.5, 0.6) is 0 Å². The summed E-state index contributed by atoms with van der Waals surface area (Å²) < 4.78 is 8.24. The molecule has 0 bridgehead atoms. The van der Waals surface area contributed by atoms with Gasteiger partial charge in [0.1, 0.15) is 0 Å². The summed E-state index contributed by atoms with van der Waals surface area (Å²) in [6.07, 6.45) is 0. The molecule has 310 valence electrons. The minimum atomic E-state index is 0.0928. The van der Waals surface area contributed by atoms with Gasteiger partial charge in [0.15, 0.2) is 0 Å². The van der Waals surface area contributed by atoms with Crippen LogP contribution in [-0.2, 0) is 0 Å². The zero-order chi connectivity index (χ0) is 43.7. The van der Waals surface area contributed by atoms with Crippen molar-refractivity contribution >= 4 is 140 Å². The topological polar surface area (TPSA) is 0 Å². The molecule has 15 rings (SSSR count). The molecule has 0 spiro atoms. The van der Waals surface area contributed by atoms with Crippen molar-refractivity contribution in [3.05, 3.63) is 218 Å². The molecule has 0 radical (unpaired) electrons. The van der Waals surface area contributed by atoms with Gasteiger partial charge in [-0.1, -0.05) is 30.3 Å². The Morgan fingerprint density at radius 2 is 0.612 bits per heavy atom. The molecule has 0 N–H and O–H groups in total. The summed E-state index contributed by atoms with van der Waals surface area (Å²) >= 11 is 3.88. The predicted molar refractivity (Wildman–Crippen MR) is 296 cm³/mol. The van der Waals surface area contributed by atoms with Crippen molar-refractivity contribution < 1.29 is 0 Å². The standard InChI is InChI=1S/C64H36S2Se/c1-5-21-47-43(17-1)59(37-31-33-41-39-15-9-11-28-54(39)65-56(41)35-37)44-18-2-6-22-48(44)61(47)51-25-14-30-58-63(51)53-27-13-26-52(64(53)67-58)62-49-23-7-3-19-45(49)60(46-20-4-8-24-50(46)62)38-32-34-42-40-16-10-12-29-55(40)66-57(42)36-38/h1-36H. The van der Waals surface area contributed by atoms with Crippen LogP contribution in [0.25, 0.3) is 147 Å². The van der Waals surface area contributed by atoms with E-state index in [2.05, 4.69) is 218 Å². The second-order valence-corrected chi connectivity index (χ2v) is 22.1. The summed E-state index contributed by atoms with van der Waals surface area (Å²) in [6.45, 7) is 0. The van der Waals surface area contributed by atoms with Crippen LogP contribution < -0.4 is 0 Å². The van der Waals surface area contributed by atoms with E-state index >= 15 is 0 Å². The van der Waals surface area contributed by atoms with E-state index in [0.717, 1.165) is 0 Å². The monoisotopic (exact) mass is 948 g/mol. The summed E-state index contributed by atoms with van der Waals surface area (Å²) in [6, 6.07) is 82.6. The molecule has 3 heteroatoms. The maximum absolute atomic E-state index is 2.43. The number of benzene rings is 12. The van der Waals surface area contributed by atoms with Gasteiger partial charge in [0.25, 0.3) is 0 Å². The van der Waals surface area contributed by atoms with Crippen molar-refractivity contribution in [2.24, 2.45) is 0 Å². The van der Waals surface area contributed by atoms with E-state index in [1.54, 1.807) is 0 Å². The second-order valence-electron chi connectivity index (χ2n) is 17.8. The third-order valence-electron chi connectivity index (χ3n) is 14.3. The summed E-state index contributed by atoms with van der Waals surface area (Å²) in [4.78, 5) is 0. The van der Waals surface area contributed by atoms with Gasteiger partial charge in [-0.3, -0.25) is 0 Å². The van der Waals surface area contributed by atoms with Crippen LogP contribution in [0.4, 0.5) is 0 Å². The number of thiophene rings is 2. The molecule has 0 amide bonds. The second kappa shape index (κ2) is 14.6. The average molecular weight is 948 g/mol. The Balaban J connectivity index is 0.969. The fourth-order valence-corrected chi connectivity index (χ4v) is 16.4. The van der Waals surface area contributed by atoms with Crippen molar-refractivity contribution in [3.8, 4) is 44.5 Å². The molecule has 0 atom stereocenters. The van der Waals surface area contributed by atoms with Crippen LogP contribution in [0.2, 0.25) is 0 Å². The van der Waals surface area contributed by atoms with E-state index in [1.807, 2.05) is 22.7 Å². The third kappa shape index (κ3) is 5.52. The van der Waals surface area contributed by atoms with Crippen LogP contribution in [0.3, 0.4) is 0 Å². The molecule has 12 aromatic carbocycles. The molecule has 0 nitrogen and oxygen atoms in total. The quantitative estimate of drug-likeness (QED) is 0.122. The molecule has 67 heavy (non-hydrogen) atoms. The van der Waals surface area contributed by atoms with Crippen molar-refractivity contribution in [3.63, 3.8) is 0 Å². The van der Waals surface area contributed by atoms with E-state index in [-0.39, 0.29) is 14.5 Å². The first kappa shape index (κ1) is 37.8. The van der Waals surface area contributed by atoms with Crippen LogP contribution >= 0.6 is 22.7 Å². The van der Waals surface area contributed by atoms with Crippen LogP contribution in [-0.4, -0.2) is 14.5 Å². The molecular weight excluding hydrogens is 912 g/mol. The Morgan fingerprint density at radius 1 is 0.254 bits per heavy atom. The predicted octanol–water partition coefficient (Wildman–Crippen LogP) is 19.1. The molecule has 0 saturated carbocycles. The van der Waals surface area contributed by atoms with Gasteiger partial charge in [-0.25, -0.2) is 0 Å². The Morgan fingerprint density at radius 3 is 1.09 bits per heavy atom. The van der Waals surface area contributed by atoms with Gasteiger partial charge in [0.2, 0.25) is 0 Å². The fraction of sp³-hybridized carbons (Fsp3) is 0. The fourth-order valence-electron chi connectivity index (χ4n) is 11.5. The summed E-state index contributed by atoms with van der Waals surface area (Å²) in [5.41, 5.74) is 10.5. The SMILES string of the molecule is c1ccc2c(c1)sc1cc(-c3c4ccccc4c(-c4cccc5c4[se]c4cccc(-c6c7ccccc7c(-c7ccc8c(c7)sc7ccccc78)c7ccccc67)c45)c4ccccc34)ccc12. The van der Waals surface area contributed by atoms with Gasteiger partial charge in [-0.05, 0) is 6.07 Å². The molecule has 0 unspecified atom stereocenters. The van der Waals surface area contributed by atoms with Crippen molar-refractivity contribution in [1.82, 2.24) is 0 Å². The van der Waals surface area contributed by atoms with Gasteiger partial charge in [-0.2, -0.15) is 0 Å². The van der Waals surface area contributed by atoms with Crippen LogP contribution in [0, 0.1) is 0 Å². The Labute approximate surface area is 400 Å². The molecule has 0 aliphatic carbocycles. The first-order valence-electron chi connectivity index (χ1n) is 22.9. The Hall–Kier alpha value is -7.36. The molecule has 3 heterocycles. The number of rotatable bonds is 4. The maximum atomic E-state index is 2.43.